The molecule has 0 unspecified atom stereocenters. The lowest BCUT2D eigenvalue weighted by molar-refractivity contribution is -0.131. The molecule has 1 aliphatic carbocycles. The van der Waals surface area contributed by atoms with Crippen molar-refractivity contribution in [1.82, 2.24) is 5.32 Å². The van der Waals surface area contributed by atoms with E-state index in [1.165, 1.54) is 32.1 Å². The van der Waals surface area contributed by atoms with Crippen LogP contribution in [0.2, 0.25) is 0 Å². The molecular weight excluding hydrogens is 178 g/mol. The molecule has 0 aromatic rings. The van der Waals surface area contributed by atoms with Crippen LogP contribution in [0, 0.1) is 5.92 Å². The molecule has 1 saturated heterocycles. The Morgan fingerprint density at radius 1 is 1.29 bits per heavy atom. The van der Waals surface area contributed by atoms with Crippen molar-refractivity contribution in [2.75, 3.05) is 13.2 Å². The van der Waals surface area contributed by atoms with E-state index in [1.54, 1.807) is 0 Å². The van der Waals surface area contributed by atoms with E-state index in [1.807, 2.05) is 0 Å². The highest BCUT2D eigenvalue weighted by molar-refractivity contribution is 5.78. The molecule has 3 nitrogen and oxygen atoms in total. The Labute approximate surface area is 85.2 Å². The molecule has 0 aromatic carbocycles. The summed E-state index contributed by atoms with van der Waals surface area (Å²) in [5.74, 6) is 0.868. The van der Waals surface area contributed by atoms with E-state index >= 15 is 0 Å². The highest BCUT2D eigenvalue weighted by atomic mass is 16.5. The second-order valence-corrected chi connectivity index (χ2v) is 4.52. The molecule has 2 fully saturated rings. The van der Waals surface area contributed by atoms with Gasteiger partial charge >= 0.3 is 0 Å². The summed E-state index contributed by atoms with van der Waals surface area (Å²) >= 11 is 0. The maximum Gasteiger partial charge on any atom is 0.246 e. The van der Waals surface area contributed by atoms with Crippen LogP contribution in [0.25, 0.3) is 0 Å². The minimum absolute atomic E-state index is 0.0528. The molecule has 1 atom stereocenters. The number of morpholine rings is 1. The smallest absolute Gasteiger partial charge is 0.246 e. The van der Waals surface area contributed by atoms with Crippen LogP contribution in [-0.4, -0.2) is 25.2 Å². The van der Waals surface area contributed by atoms with Gasteiger partial charge in [-0.25, -0.2) is 0 Å². The highest BCUT2D eigenvalue weighted by Crippen LogP contribution is 2.27. The van der Waals surface area contributed by atoms with E-state index in [-0.39, 0.29) is 18.6 Å². The van der Waals surface area contributed by atoms with Gasteiger partial charge in [0.1, 0.15) is 6.61 Å². The van der Waals surface area contributed by atoms with Crippen LogP contribution in [0.15, 0.2) is 0 Å². The van der Waals surface area contributed by atoms with Crippen molar-refractivity contribution >= 4 is 5.91 Å². The zero-order valence-corrected chi connectivity index (χ0v) is 8.63. The van der Waals surface area contributed by atoms with Gasteiger partial charge in [-0.05, 0) is 12.3 Å². The molecule has 0 spiro atoms. The molecule has 1 heterocycles. The number of carbonyl (C=O) groups is 1. The van der Waals surface area contributed by atoms with Crippen molar-refractivity contribution in [3.63, 3.8) is 0 Å². The van der Waals surface area contributed by atoms with Gasteiger partial charge in [0.2, 0.25) is 5.91 Å². The Bertz CT molecular complexity index is 199. The van der Waals surface area contributed by atoms with E-state index in [0.29, 0.717) is 6.61 Å². The lowest BCUT2D eigenvalue weighted by Crippen LogP contribution is -2.46. The lowest BCUT2D eigenvalue weighted by atomic mass is 9.85. The van der Waals surface area contributed by atoms with Gasteiger partial charge in [-0.1, -0.05) is 32.1 Å². The summed E-state index contributed by atoms with van der Waals surface area (Å²) in [6.07, 6.45) is 7.92. The number of rotatable bonds is 2. The average Bonchev–Trinajstić information content (AvgIpc) is 2.19. The molecule has 0 radical (unpaired) electrons. The number of nitrogens with one attached hydrogen (secondary N) is 1. The molecule has 1 saturated carbocycles. The molecule has 1 amide bonds. The van der Waals surface area contributed by atoms with Crippen molar-refractivity contribution in [3.05, 3.63) is 0 Å². The van der Waals surface area contributed by atoms with Crippen LogP contribution in [0.5, 0.6) is 0 Å². The van der Waals surface area contributed by atoms with E-state index < -0.39 is 0 Å². The summed E-state index contributed by atoms with van der Waals surface area (Å²) < 4.78 is 5.22. The summed E-state index contributed by atoms with van der Waals surface area (Å²) in [5.41, 5.74) is 0. The first-order valence-electron chi connectivity index (χ1n) is 5.71. The van der Waals surface area contributed by atoms with Crippen LogP contribution in [0.4, 0.5) is 0 Å². The number of ether oxygens (including phenoxy) is 1. The van der Waals surface area contributed by atoms with Gasteiger partial charge < -0.3 is 10.1 Å². The van der Waals surface area contributed by atoms with Gasteiger partial charge in [-0.15, -0.1) is 0 Å². The fourth-order valence-corrected chi connectivity index (χ4v) is 2.56. The first-order valence-corrected chi connectivity index (χ1v) is 5.71. The third-order valence-corrected chi connectivity index (χ3v) is 3.26. The van der Waals surface area contributed by atoms with Crippen molar-refractivity contribution in [2.24, 2.45) is 5.92 Å². The summed E-state index contributed by atoms with van der Waals surface area (Å²) in [4.78, 5) is 11.1. The number of carbonyl (C=O) groups excluding carboxylic acids is 1. The van der Waals surface area contributed by atoms with Crippen molar-refractivity contribution in [1.29, 1.82) is 0 Å². The number of hydrogen-bond acceptors (Lipinski definition) is 2. The molecule has 1 N–H and O–H groups in total. The highest BCUT2D eigenvalue weighted by Gasteiger charge is 2.23. The number of hydrogen-bond donors (Lipinski definition) is 1. The number of amides is 1. The van der Waals surface area contributed by atoms with E-state index in [9.17, 15) is 4.79 Å². The second kappa shape index (κ2) is 4.78. The Morgan fingerprint density at radius 3 is 2.79 bits per heavy atom. The minimum Gasteiger partial charge on any atom is -0.370 e. The fraction of sp³-hybridized carbons (Fsp3) is 0.909. The van der Waals surface area contributed by atoms with Crippen LogP contribution >= 0.6 is 0 Å². The Balaban J connectivity index is 1.75. The SMILES string of the molecule is O=C1COC[C@H](CC2CCCCC2)N1. The molecule has 1 aliphatic heterocycles. The molecule has 0 aromatic heterocycles. The first-order chi connectivity index (χ1) is 6.84. The van der Waals surface area contributed by atoms with E-state index in [4.69, 9.17) is 4.74 Å². The van der Waals surface area contributed by atoms with Crippen LogP contribution in [-0.2, 0) is 9.53 Å². The predicted octanol–water partition coefficient (Wildman–Crippen LogP) is 1.47. The van der Waals surface area contributed by atoms with Gasteiger partial charge in [0.25, 0.3) is 0 Å². The monoisotopic (exact) mass is 197 g/mol. The Morgan fingerprint density at radius 2 is 2.07 bits per heavy atom. The van der Waals surface area contributed by atoms with E-state index in [0.717, 1.165) is 12.3 Å². The van der Waals surface area contributed by atoms with Crippen LogP contribution in [0.1, 0.15) is 38.5 Å². The summed E-state index contributed by atoms with van der Waals surface area (Å²) in [6.45, 7) is 0.962. The zero-order valence-electron chi connectivity index (χ0n) is 8.63. The van der Waals surface area contributed by atoms with Gasteiger partial charge in [0.15, 0.2) is 0 Å². The molecular formula is C11H19NO2. The van der Waals surface area contributed by atoms with Crippen molar-refractivity contribution < 1.29 is 9.53 Å². The summed E-state index contributed by atoms with van der Waals surface area (Å²) in [6, 6.07) is 0.277. The maximum absolute atomic E-state index is 11.1. The van der Waals surface area contributed by atoms with E-state index in [2.05, 4.69) is 5.32 Å². The normalized spacial score (nSPS) is 30.0. The third-order valence-electron chi connectivity index (χ3n) is 3.26. The first kappa shape index (κ1) is 9.97. The standard InChI is InChI=1S/C11H19NO2/c13-11-8-14-7-10(12-11)6-9-4-2-1-3-5-9/h9-10H,1-8H2,(H,12,13)/t10-/m0/s1. The van der Waals surface area contributed by atoms with Gasteiger partial charge in [0.05, 0.1) is 12.6 Å². The molecule has 2 aliphatic rings. The topological polar surface area (TPSA) is 38.3 Å². The van der Waals surface area contributed by atoms with Crippen molar-refractivity contribution in [2.45, 2.75) is 44.6 Å². The summed E-state index contributed by atoms with van der Waals surface area (Å²) in [5, 5.41) is 3.00. The molecule has 14 heavy (non-hydrogen) atoms. The van der Waals surface area contributed by atoms with Gasteiger partial charge in [-0.2, -0.15) is 0 Å². The minimum atomic E-state index is 0.0528. The summed E-state index contributed by atoms with van der Waals surface area (Å²) in [7, 11) is 0. The van der Waals surface area contributed by atoms with Gasteiger partial charge in [0, 0.05) is 0 Å². The second-order valence-electron chi connectivity index (χ2n) is 4.52. The average molecular weight is 197 g/mol. The predicted molar refractivity (Wildman–Crippen MR) is 53.9 cm³/mol. The molecule has 0 bridgehead atoms. The third kappa shape index (κ3) is 2.71. The van der Waals surface area contributed by atoms with Gasteiger partial charge in [-0.3, -0.25) is 4.79 Å². The van der Waals surface area contributed by atoms with Crippen molar-refractivity contribution in [3.8, 4) is 0 Å². The fourth-order valence-electron chi connectivity index (χ4n) is 2.56. The largest absolute Gasteiger partial charge is 0.370 e. The molecule has 2 rings (SSSR count). The molecule has 80 valence electrons. The maximum atomic E-state index is 11.1. The Kier molecular flexibility index (Phi) is 3.40. The van der Waals surface area contributed by atoms with Crippen LogP contribution < -0.4 is 5.32 Å². The Hall–Kier alpha value is -0.570. The van der Waals surface area contributed by atoms with Crippen LogP contribution in [0.3, 0.4) is 0 Å². The molecule has 3 heteroatoms. The lowest BCUT2D eigenvalue weighted by Gasteiger charge is -2.29. The quantitative estimate of drug-likeness (QED) is 0.728. The zero-order chi connectivity index (χ0) is 9.80.